The van der Waals surface area contributed by atoms with Crippen molar-refractivity contribution in [3.05, 3.63) is 36.0 Å². The molecule has 4 nitrogen and oxygen atoms in total. The molecule has 1 unspecified atom stereocenters. The number of ether oxygens (including phenoxy) is 1. The SMILES string of the molecule is CC(C)OC(Cc1ccc2[nH]ccc2c1)C(=O)O. The van der Waals surface area contributed by atoms with Gasteiger partial charge < -0.3 is 14.8 Å². The molecule has 1 atom stereocenters. The van der Waals surface area contributed by atoms with Crippen LogP contribution in [0.5, 0.6) is 0 Å². The summed E-state index contributed by atoms with van der Waals surface area (Å²) in [7, 11) is 0. The summed E-state index contributed by atoms with van der Waals surface area (Å²) in [5.74, 6) is -0.919. The highest BCUT2D eigenvalue weighted by atomic mass is 16.5. The number of carboxylic acids is 1. The van der Waals surface area contributed by atoms with Crippen LogP contribution in [0.1, 0.15) is 19.4 Å². The second kappa shape index (κ2) is 5.23. The van der Waals surface area contributed by atoms with Gasteiger partial charge >= 0.3 is 5.97 Å². The first kappa shape index (κ1) is 12.6. The van der Waals surface area contributed by atoms with E-state index in [4.69, 9.17) is 9.84 Å². The van der Waals surface area contributed by atoms with Crippen molar-refractivity contribution < 1.29 is 14.6 Å². The van der Waals surface area contributed by atoms with E-state index in [9.17, 15) is 4.79 Å². The van der Waals surface area contributed by atoms with Crippen LogP contribution in [0.25, 0.3) is 10.9 Å². The van der Waals surface area contributed by atoms with Gasteiger partial charge in [0.25, 0.3) is 0 Å². The summed E-state index contributed by atoms with van der Waals surface area (Å²) in [4.78, 5) is 14.2. The van der Waals surface area contributed by atoms with Crippen LogP contribution in [0.3, 0.4) is 0 Å². The Bertz CT molecular complexity index is 545. The average molecular weight is 247 g/mol. The Balaban J connectivity index is 2.17. The van der Waals surface area contributed by atoms with E-state index in [0.717, 1.165) is 16.5 Å². The van der Waals surface area contributed by atoms with Crippen LogP contribution in [0.4, 0.5) is 0 Å². The van der Waals surface area contributed by atoms with E-state index in [0.29, 0.717) is 6.42 Å². The van der Waals surface area contributed by atoms with Gasteiger partial charge in [-0.1, -0.05) is 6.07 Å². The van der Waals surface area contributed by atoms with Crippen LogP contribution < -0.4 is 0 Å². The van der Waals surface area contributed by atoms with Crippen molar-refractivity contribution in [1.82, 2.24) is 4.98 Å². The minimum atomic E-state index is -0.919. The molecule has 0 saturated heterocycles. The first-order chi connectivity index (χ1) is 8.56. The van der Waals surface area contributed by atoms with Crippen LogP contribution >= 0.6 is 0 Å². The number of hydrogen-bond acceptors (Lipinski definition) is 2. The highest BCUT2D eigenvalue weighted by Gasteiger charge is 2.20. The standard InChI is InChI=1S/C14H17NO3/c1-9(2)18-13(14(16)17)8-10-3-4-12-11(7-10)5-6-15-12/h3-7,9,13,15H,8H2,1-2H3,(H,16,17). The lowest BCUT2D eigenvalue weighted by Gasteiger charge is -2.16. The molecular weight excluding hydrogens is 230 g/mol. The number of carboxylic acid groups (broad SMARTS) is 1. The fraction of sp³-hybridized carbons (Fsp3) is 0.357. The van der Waals surface area contributed by atoms with Crippen molar-refractivity contribution in [3.8, 4) is 0 Å². The van der Waals surface area contributed by atoms with Gasteiger partial charge in [-0.25, -0.2) is 4.79 Å². The molecule has 0 bridgehead atoms. The van der Waals surface area contributed by atoms with Gasteiger partial charge in [-0.3, -0.25) is 0 Å². The fourth-order valence-corrected chi connectivity index (χ4v) is 1.97. The van der Waals surface area contributed by atoms with Gasteiger partial charge in [-0.15, -0.1) is 0 Å². The van der Waals surface area contributed by atoms with Gasteiger partial charge in [-0.2, -0.15) is 0 Å². The molecule has 1 heterocycles. The topological polar surface area (TPSA) is 62.3 Å². The number of carbonyl (C=O) groups is 1. The van der Waals surface area contributed by atoms with Gasteiger partial charge in [0.05, 0.1) is 6.10 Å². The third-order valence-electron chi connectivity index (χ3n) is 2.75. The molecule has 0 aliphatic carbocycles. The summed E-state index contributed by atoms with van der Waals surface area (Å²) < 4.78 is 5.40. The van der Waals surface area contributed by atoms with E-state index in [-0.39, 0.29) is 6.10 Å². The number of hydrogen-bond donors (Lipinski definition) is 2. The van der Waals surface area contributed by atoms with Gasteiger partial charge in [0.15, 0.2) is 6.10 Å². The molecular formula is C14H17NO3. The smallest absolute Gasteiger partial charge is 0.333 e. The van der Waals surface area contributed by atoms with Crippen LogP contribution in [-0.2, 0) is 16.0 Å². The summed E-state index contributed by atoms with van der Waals surface area (Å²) in [5.41, 5.74) is 2.02. The third kappa shape index (κ3) is 2.90. The van der Waals surface area contributed by atoms with E-state index in [1.54, 1.807) is 0 Å². The van der Waals surface area contributed by atoms with Crippen molar-refractivity contribution >= 4 is 16.9 Å². The molecule has 0 saturated carbocycles. The van der Waals surface area contributed by atoms with Crippen LogP contribution in [0.15, 0.2) is 30.5 Å². The largest absolute Gasteiger partial charge is 0.479 e. The number of aromatic nitrogens is 1. The molecule has 0 fully saturated rings. The highest BCUT2D eigenvalue weighted by Crippen LogP contribution is 2.16. The number of H-pyrrole nitrogens is 1. The van der Waals surface area contributed by atoms with Gasteiger partial charge in [0.1, 0.15) is 0 Å². The fourth-order valence-electron chi connectivity index (χ4n) is 1.97. The summed E-state index contributed by atoms with van der Waals surface area (Å²) in [6.07, 6.45) is 1.37. The normalized spacial score (nSPS) is 13.1. The number of nitrogens with one attached hydrogen (secondary N) is 1. The number of benzene rings is 1. The van der Waals surface area contributed by atoms with E-state index in [1.165, 1.54) is 0 Å². The molecule has 4 heteroatoms. The molecule has 1 aromatic heterocycles. The molecule has 18 heavy (non-hydrogen) atoms. The first-order valence-corrected chi connectivity index (χ1v) is 6.00. The third-order valence-corrected chi connectivity index (χ3v) is 2.75. The predicted molar refractivity (Wildman–Crippen MR) is 69.6 cm³/mol. The predicted octanol–water partition coefficient (Wildman–Crippen LogP) is 2.59. The number of aliphatic carboxylic acids is 1. The Morgan fingerprint density at radius 3 is 2.83 bits per heavy atom. The van der Waals surface area contributed by atoms with Crippen molar-refractivity contribution in [2.24, 2.45) is 0 Å². The summed E-state index contributed by atoms with van der Waals surface area (Å²) in [5, 5.41) is 10.2. The lowest BCUT2D eigenvalue weighted by Crippen LogP contribution is -2.29. The monoisotopic (exact) mass is 247 g/mol. The van der Waals surface area contributed by atoms with Crippen LogP contribution in [-0.4, -0.2) is 28.3 Å². The zero-order valence-corrected chi connectivity index (χ0v) is 10.5. The summed E-state index contributed by atoms with van der Waals surface area (Å²) in [6.45, 7) is 3.68. The molecule has 2 N–H and O–H groups in total. The quantitative estimate of drug-likeness (QED) is 0.853. The Hall–Kier alpha value is -1.81. The molecule has 0 spiro atoms. The first-order valence-electron chi connectivity index (χ1n) is 6.00. The summed E-state index contributed by atoms with van der Waals surface area (Å²) in [6, 6.07) is 7.85. The maximum Gasteiger partial charge on any atom is 0.333 e. The average Bonchev–Trinajstić information content (AvgIpc) is 2.74. The lowest BCUT2D eigenvalue weighted by atomic mass is 10.1. The van der Waals surface area contributed by atoms with E-state index in [2.05, 4.69) is 4.98 Å². The van der Waals surface area contributed by atoms with Gasteiger partial charge in [-0.05, 0) is 43.0 Å². The second-order valence-corrected chi connectivity index (χ2v) is 4.62. The number of rotatable bonds is 5. The Morgan fingerprint density at radius 1 is 1.39 bits per heavy atom. The molecule has 0 aliphatic heterocycles. The molecule has 1 aromatic carbocycles. The molecule has 0 radical (unpaired) electrons. The Labute approximate surface area is 106 Å². The van der Waals surface area contributed by atoms with Crippen molar-refractivity contribution in [2.75, 3.05) is 0 Å². The van der Waals surface area contributed by atoms with Gasteiger partial charge in [0, 0.05) is 18.1 Å². The second-order valence-electron chi connectivity index (χ2n) is 4.62. The minimum Gasteiger partial charge on any atom is -0.479 e. The van der Waals surface area contributed by atoms with E-state index in [1.807, 2.05) is 44.3 Å². The van der Waals surface area contributed by atoms with Gasteiger partial charge in [0.2, 0.25) is 0 Å². The zero-order valence-electron chi connectivity index (χ0n) is 10.5. The maximum atomic E-state index is 11.1. The molecule has 0 aliphatic rings. The van der Waals surface area contributed by atoms with Crippen molar-refractivity contribution in [2.45, 2.75) is 32.5 Å². The molecule has 96 valence electrons. The van der Waals surface area contributed by atoms with Crippen molar-refractivity contribution in [3.63, 3.8) is 0 Å². The number of fused-ring (bicyclic) bond motifs is 1. The zero-order chi connectivity index (χ0) is 13.1. The van der Waals surface area contributed by atoms with E-state index < -0.39 is 12.1 Å². The molecule has 2 rings (SSSR count). The Kier molecular flexibility index (Phi) is 3.67. The molecule has 0 amide bonds. The summed E-state index contributed by atoms with van der Waals surface area (Å²) >= 11 is 0. The van der Waals surface area contributed by atoms with Crippen LogP contribution in [0.2, 0.25) is 0 Å². The minimum absolute atomic E-state index is 0.0953. The maximum absolute atomic E-state index is 11.1. The van der Waals surface area contributed by atoms with Crippen LogP contribution in [0, 0.1) is 0 Å². The Morgan fingerprint density at radius 2 is 2.17 bits per heavy atom. The van der Waals surface area contributed by atoms with E-state index >= 15 is 0 Å². The lowest BCUT2D eigenvalue weighted by molar-refractivity contribution is -0.153. The highest BCUT2D eigenvalue weighted by molar-refractivity contribution is 5.80. The molecule has 2 aromatic rings. The van der Waals surface area contributed by atoms with Crippen molar-refractivity contribution in [1.29, 1.82) is 0 Å². The number of aromatic amines is 1.